The molecule has 5 nitrogen and oxygen atoms in total. The molecule has 2 N–H and O–H groups in total. The Morgan fingerprint density at radius 3 is 2.42 bits per heavy atom. The summed E-state index contributed by atoms with van der Waals surface area (Å²) in [6.45, 7) is 2.10. The second-order valence-corrected chi connectivity index (χ2v) is 4.36. The van der Waals surface area contributed by atoms with Gasteiger partial charge in [-0.25, -0.2) is 0 Å². The summed E-state index contributed by atoms with van der Waals surface area (Å²) in [6, 6.07) is 10.3. The summed E-state index contributed by atoms with van der Waals surface area (Å²) in [5.41, 5.74) is 1.19. The molecule has 2 aromatic rings. The Morgan fingerprint density at radius 1 is 1.11 bits per heavy atom. The van der Waals surface area contributed by atoms with Crippen molar-refractivity contribution in [3.05, 3.63) is 41.2 Å². The zero-order valence-corrected chi connectivity index (χ0v) is 11.6. The first kappa shape index (κ1) is 13.5. The second-order valence-electron chi connectivity index (χ2n) is 4.02. The van der Waals surface area contributed by atoms with Gasteiger partial charge >= 0.3 is 0 Å². The van der Waals surface area contributed by atoms with Gasteiger partial charge in [-0.1, -0.05) is 37.3 Å². The van der Waals surface area contributed by atoms with E-state index in [1.165, 1.54) is 5.56 Å². The van der Waals surface area contributed by atoms with E-state index in [4.69, 9.17) is 11.6 Å². The van der Waals surface area contributed by atoms with Gasteiger partial charge in [0.25, 0.3) is 0 Å². The van der Waals surface area contributed by atoms with Gasteiger partial charge in [-0.2, -0.15) is 15.0 Å². The number of nitrogens with zero attached hydrogens (tertiary/aromatic N) is 3. The second kappa shape index (κ2) is 6.33. The van der Waals surface area contributed by atoms with Crippen LogP contribution < -0.4 is 10.6 Å². The van der Waals surface area contributed by atoms with Crippen molar-refractivity contribution in [1.29, 1.82) is 0 Å². The van der Waals surface area contributed by atoms with E-state index in [1.807, 2.05) is 18.2 Å². The third kappa shape index (κ3) is 3.54. The average molecular weight is 278 g/mol. The van der Waals surface area contributed by atoms with Crippen LogP contribution >= 0.6 is 11.6 Å². The van der Waals surface area contributed by atoms with E-state index in [0.717, 1.165) is 6.42 Å². The van der Waals surface area contributed by atoms with Crippen LogP contribution in [0.5, 0.6) is 0 Å². The molecule has 1 aromatic carbocycles. The van der Waals surface area contributed by atoms with Crippen LogP contribution in [0.3, 0.4) is 0 Å². The molecule has 0 bridgehead atoms. The summed E-state index contributed by atoms with van der Waals surface area (Å²) >= 11 is 5.86. The molecule has 1 heterocycles. The quantitative estimate of drug-likeness (QED) is 0.879. The fourth-order valence-corrected chi connectivity index (χ4v) is 1.95. The zero-order valence-electron chi connectivity index (χ0n) is 10.9. The number of nitrogens with one attached hydrogen (secondary N) is 2. The van der Waals surface area contributed by atoms with E-state index in [2.05, 4.69) is 44.6 Å². The van der Waals surface area contributed by atoms with Crippen LogP contribution in [0.1, 0.15) is 24.9 Å². The number of anilines is 2. The number of benzene rings is 1. The first-order valence-electron chi connectivity index (χ1n) is 6.13. The van der Waals surface area contributed by atoms with Gasteiger partial charge in [0.05, 0.1) is 6.04 Å². The van der Waals surface area contributed by atoms with E-state index in [9.17, 15) is 0 Å². The van der Waals surface area contributed by atoms with E-state index in [0.29, 0.717) is 11.9 Å². The normalized spacial score (nSPS) is 11.9. The van der Waals surface area contributed by atoms with Gasteiger partial charge in [-0.3, -0.25) is 0 Å². The number of aromatic nitrogens is 3. The predicted octanol–water partition coefficient (Wildman–Crippen LogP) is 3.13. The summed E-state index contributed by atoms with van der Waals surface area (Å²) in [6.07, 6.45) is 0.919. The standard InChI is InChI=1S/C13H16ClN5/c1-3-10(9-7-5-4-6-8-9)16-13-18-11(14)17-12(15-2)19-13/h4-8,10H,3H2,1-2H3,(H2,15,16,17,18,19). The molecule has 19 heavy (non-hydrogen) atoms. The fraction of sp³-hybridized carbons (Fsp3) is 0.308. The highest BCUT2D eigenvalue weighted by atomic mass is 35.5. The molecule has 100 valence electrons. The van der Waals surface area contributed by atoms with Crippen molar-refractivity contribution >= 4 is 23.5 Å². The highest BCUT2D eigenvalue weighted by molar-refractivity contribution is 6.28. The van der Waals surface area contributed by atoms with Crippen LogP contribution in [-0.4, -0.2) is 22.0 Å². The number of hydrogen-bond acceptors (Lipinski definition) is 5. The van der Waals surface area contributed by atoms with Crippen molar-refractivity contribution in [2.45, 2.75) is 19.4 Å². The molecule has 6 heteroatoms. The van der Waals surface area contributed by atoms with Gasteiger partial charge in [-0.05, 0) is 23.6 Å². The first-order valence-corrected chi connectivity index (χ1v) is 6.51. The lowest BCUT2D eigenvalue weighted by Crippen LogP contribution is -2.13. The van der Waals surface area contributed by atoms with Crippen LogP contribution in [0.25, 0.3) is 0 Å². The van der Waals surface area contributed by atoms with Gasteiger partial charge in [0, 0.05) is 7.05 Å². The van der Waals surface area contributed by atoms with E-state index in [-0.39, 0.29) is 11.3 Å². The lowest BCUT2D eigenvalue weighted by atomic mass is 10.1. The Bertz CT molecular complexity index is 532. The average Bonchev–Trinajstić information content (AvgIpc) is 2.45. The van der Waals surface area contributed by atoms with Gasteiger partial charge in [0.1, 0.15) is 0 Å². The molecule has 0 saturated heterocycles. The molecular formula is C13H16ClN5. The molecule has 1 aromatic heterocycles. The van der Waals surface area contributed by atoms with Crippen LogP contribution in [0.2, 0.25) is 5.28 Å². The zero-order chi connectivity index (χ0) is 13.7. The topological polar surface area (TPSA) is 62.7 Å². The van der Waals surface area contributed by atoms with E-state index in [1.54, 1.807) is 7.05 Å². The van der Waals surface area contributed by atoms with Gasteiger partial charge in [0.15, 0.2) is 0 Å². The maximum atomic E-state index is 5.86. The SMILES string of the molecule is CCC(Nc1nc(Cl)nc(NC)n1)c1ccccc1. The molecule has 0 aliphatic rings. The Balaban J connectivity index is 2.21. The molecule has 0 aliphatic carbocycles. The maximum Gasteiger partial charge on any atom is 0.229 e. The summed E-state index contributed by atoms with van der Waals surface area (Å²) in [4.78, 5) is 12.3. The van der Waals surface area contributed by atoms with Crippen LogP contribution in [0.15, 0.2) is 30.3 Å². The van der Waals surface area contributed by atoms with E-state index < -0.39 is 0 Å². The minimum atomic E-state index is 0.143. The number of rotatable bonds is 5. The third-order valence-corrected chi connectivity index (χ3v) is 2.91. The Hall–Kier alpha value is -1.88. The van der Waals surface area contributed by atoms with Crippen LogP contribution in [0, 0.1) is 0 Å². The van der Waals surface area contributed by atoms with E-state index >= 15 is 0 Å². The van der Waals surface area contributed by atoms with Crippen LogP contribution in [0.4, 0.5) is 11.9 Å². The van der Waals surface area contributed by atoms with Crippen molar-refractivity contribution in [2.24, 2.45) is 0 Å². The van der Waals surface area contributed by atoms with Gasteiger partial charge in [0.2, 0.25) is 17.2 Å². The lowest BCUT2D eigenvalue weighted by Gasteiger charge is -2.17. The van der Waals surface area contributed by atoms with Crippen molar-refractivity contribution < 1.29 is 0 Å². The fourth-order valence-electron chi connectivity index (χ4n) is 1.79. The molecule has 0 amide bonds. The van der Waals surface area contributed by atoms with Crippen LogP contribution in [-0.2, 0) is 0 Å². The molecule has 0 radical (unpaired) electrons. The van der Waals surface area contributed by atoms with Gasteiger partial charge in [-0.15, -0.1) is 0 Å². The molecule has 0 fully saturated rings. The minimum Gasteiger partial charge on any atom is -0.357 e. The molecular weight excluding hydrogens is 262 g/mol. The molecule has 0 spiro atoms. The summed E-state index contributed by atoms with van der Waals surface area (Å²) in [5.74, 6) is 0.922. The Kier molecular flexibility index (Phi) is 4.52. The first-order chi connectivity index (χ1) is 9.22. The molecule has 0 aliphatic heterocycles. The van der Waals surface area contributed by atoms with Crippen molar-refractivity contribution in [3.63, 3.8) is 0 Å². The highest BCUT2D eigenvalue weighted by Crippen LogP contribution is 2.21. The summed E-state index contributed by atoms with van der Waals surface area (Å²) in [5, 5.41) is 6.30. The lowest BCUT2D eigenvalue weighted by molar-refractivity contribution is 0.737. The molecule has 1 atom stereocenters. The Labute approximate surface area is 117 Å². The summed E-state index contributed by atoms with van der Waals surface area (Å²) < 4.78 is 0. The molecule has 2 rings (SSSR count). The number of halogens is 1. The minimum absolute atomic E-state index is 0.143. The van der Waals surface area contributed by atoms with Crippen molar-refractivity contribution in [2.75, 3.05) is 17.7 Å². The molecule has 1 unspecified atom stereocenters. The smallest absolute Gasteiger partial charge is 0.229 e. The molecule has 0 saturated carbocycles. The van der Waals surface area contributed by atoms with Crippen molar-refractivity contribution in [1.82, 2.24) is 15.0 Å². The predicted molar refractivity (Wildman–Crippen MR) is 77.5 cm³/mol. The maximum absolute atomic E-state index is 5.86. The highest BCUT2D eigenvalue weighted by Gasteiger charge is 2.11. The monoisotopic (exact) mass is 277 g/mol. The van der Waals surface area contributed by atoms with Gasteiger partial charge < -0.3 is 10.6 Å². The number of hydrogen-bond donors (Lipinski definition) is 2. The summed E-state index contributed by atoms with van der Waals surface area (Å²) in [7, 11) is 1.74. The Morgan fingerprint density at radius 2 is 1.79 bits per heavy atom. The third-order valence-electron chi connectivity index (χ3n) is 2.75. The largest absolute Gasteiger partial charge is 0.357 e. The van der Waals surface area contributed by atoms with Crippen molar-refractivity contribution in [3.8, 4) is 0 Å².